The molecule has 28 heavy (non-hydrogen) atoms. The summed E-state index contributed by atoms with van der Waals surface area (Å²) in [6.07, 6.45) is 0.204. The molecule has 1 aliphatic heterocycles. The minimum Gasteiger partial charge on any atom is -0.312 e. The van der Waals surface area contributed by atoms with Gasteiger partial charge >= 0.3 is 0 Å². The number of benzene rings is 1. The van der Waals surface area contributed by atoms with Crippen LogP contribution in [-0.4, -0.2) is 47.3 Å². The summed E-state index contributed by atoms with van der Waals surface area (Å²) >= 11 is 3.03. The molecule has 1 aromatic carbocycles. The van der Waals surface area contributed by atoms with Gasteiger partial charge in [-0.1, -0.05) is 0 Å². The van der Waals surface area contributed by atoms with Crippen LogP contribution in [0.1, 0.15) is 17.1 Å². The van der Waals surface area contributed by atoms with Crippen molar-refractivity contribution in [2.75, 3.05) is 30.9 Å². The summed E-state index contributed by atoms with van der Waals surface area (Å²) in [7, 11) is 3.95. The smallest absolute Gasteiger partial charge is 0.231 e. The van der Waals surface area contributed by atoms with Crippen molar-refractivity contribution in [1.29, 1.82) is 0 Å². The lowest BCUT2D eigenvalue weighted by Gasteiger charge is -2.16. The molecule has 0 spiro atoms. The van der Waals surface area contributed by atoms with Crippen LogP contribution < -0.4 is 10.2 Å². The van der Waals surface area contributed by atoms with Crippen molar-refractivity contribution in [3.05, 3.63) is 34.3 Å². The van der Waals surface area contributed by atoms with Crippen LogP contribution in [-0.2, 0) is 16.1 Å². The molecule has 146 valence electrons. The third-order valence-corrected chi connectivity index (χ3v) is 6.30. The van der Waals surface area contributed by atoms with Crippen LogP contribution in [0.2, 0.25) is 0 Å². The number of nitrogens with one attached hydrogen (secondary N) is 1. The van der Waals surface area contributed by atoms with Gasteiger partial charge in [0.05, 0.1) is 26.8 Å². The van der Waals surface area contributed by atoms with Crippen molar-refractivity contribution in [3.63, 3.8) is 0 Å². The van der Waals surface area contributed by atoms with Crippen molar-refractivity contribution < 1.29 is 9.59 Å². The first-order chi connectivity index (χ1) is 13.4. The second kappa shape index (κ2) is 7.57. The molecule has 1 saturated heterocycles. The zero-order valence-electron chi connectivity index (χ0n) is 15.9. The Kier molecular flexibility index (Phi) is 5.13. The predicted molar refractivity (Wildman–Crippen MR) is 113 cm³/mol. The van der Waals surface area contributed by atoms with E-state index in [9.17, 15) is 9.59 Å². The van der Waals surface area contributed by atoms with Gasteiger partial charge in [-0.2, -0.15) is 0 Å². The van der Waals surface area contributed by atoms with E-state index in [-0.39, 0.29) is 24.2 Å². The fourth-order valence-corrected chi connectivity index (χ4v) is 4.81. The van der Waals surface area contributed by atoms with Crippen molar-refractivity contribution >= 4 is 55.5 Å². The van der Waals surface area contributed by atoms with E-state index >= 15 is 0 Å². The number of thiazole rings is 2. The van der Waals surface area contributed by atoms with Crippen molar-refractivity contribution in [3.8, 4) is 0 Å². The van der Waals surface area contributed by atoms with Crippen LogP contribution in [0.25, 0.3) is 10.2 Å². The van der Waals surface area contributed by atoms with E-state index in [1.54, 1.807) is 16.2 Å². The first kappa shape index (κ1) is 19.0. The predicted octanol–water partition coefficient (Wildman–Crippen LogP) is 3.11. The van der Waals surface area contributed by atoms with Crippen LogP contribution in [0, 0.1) is 12.8 Å². The fourth-order valence-electron chi connectivity index (χ4n) is 3.30. The molecule has 0 aliphatic carbocycles. The van der Waals surface area contributed by atoms with Gasteiger partial charge in [0.1, 0.15) is 0 Å². The molecule has 1 fully saturated rings. The lowest BCUT2D eigenvalue weighted by molar-refractivity contribution is -0.122. The lowest BCUT2D eigenvalue weighted by atomic mass is 10.1. The number of hydrogen-bond donors (Lipinski definition) is 1. The minimum absolute atomic E-state index is 0.0427. The van der Waals surface area contributed by atoms with Crippen LogP contribution in [0.15, 0.2) is 23.6 Å². The summed E-state index contributed by atoms with van der Waals surface area (Å²) in [5.41, 5.74) is 2.60. The second-order valence-electron chi connectivity index (χ2n) is 7.16. The topological polar surface area (TPSA) is 78.4 Å². The Balaban J connectivity index is 1.44. The summed E-state index contributed by atoms with van der Waals surface area (Å²) in [4.78, 5) is 37.8. The third-order valence-electron chi connectivity index (χ3n) is 4.55. The van der Waals surface area contributed by atoms with Crippen molar-refractivity contribution in [2.24, 2.45) is 5.92 Å². The molecule has 9 heteroatoms. The molecule has 4 rings (SSSR count). The number of hydrogen-bond acceptors (Lipinski definition) is 7. The first-order valence-electron chi connectivity index (χ1n) is 8.96. The van der Waals surface area contributed by atoms with Gasteiger partial charge in [-0.3, -0.25) is 9.59 Å². The van der Waals surface area contributed by atoms with Gasteiger partial charge in [-0.15, -0.1) is 22.7 Å². The van der Waals surface area contributed by atoms with E-state index < -0.39 is 0 Å². The highest BCUT2D eigenvalue weighted by molar-refractivity contribution is 7.18. The molecule has 1 atom stereocenters. The van der Waals surface area contributed by atoms with Crippen molar-refractivity contribution in [2.45, 2.75) is 19.9 Å². The first-order valence-corrected chi connectivity index (χ1v) is 10.7. The number of carbonyl (C=O) groups excluding carboxylic acids is 2. The van der Waals surface area contributed by atoms with Crippen molar-refractivity contribution in [1.82, 2.24) is 14.9 Å². The SMILES string of the molecule is Cc1nc2cc(N3CC(C(=O)Nc4nc(CN(C)C)cs4)CC3=O)ccc2s1. The van der Waals surface area contributed by atoms with E-state index in [0.29, 0.717) is 11.7 Å². The minimum atomic E-state index is -0.387. The Morgan fingerprint density at radius 2 is 2.18 bits per heavy atom. The Labute approximate surface area is 171 Å². The molecular weight excluding hydrogens is 394 g/mol. The average molecular weight is 416 g/mol. The molecule has 7 nitrogen and oxygen atoms in total. The van der Waals surface area contributed by atoms with Crippen LogP contribution >= 0.6 is 22.7 Å². The largest absolute Gasteiger partial charge is 0.312 e. The van der Waals surface area contributed by atoms with Crippen LogP contribution in [0.5, 0.6) is 0 Å². The van der Waals surface area contributed by atoms with Gasteiger partial charge in [-0.25, -0.2) is 9.97 Å². The zero-order valence-corrected chi connectivity index (χ0v) is 17.6. The second-order valence-corrected chi connectivity index (χ2v) is 9.25. The highest BCUT2D eigenvalue weighted by Crippen LogP contribution is 2.30. The Hall–Kier alpha value is -2.36. The standard InChI is InChI=1S/C19H21N5O2S2/c1-11-20-15-7-14(4-5-16(15)28-11)24-8-12(6-17(24)25)18(26)22-19-21-13(10-27-19)9-23(2)3/h4-5,7,10,12H,6,8-9H2,1-3H3,(H,21,22,26). The number of aryl methyl sites for hydroxylation is 1. The molecule has 3 aromatic rings. The summed E-state index contributed by atoms with van der Waals surface area (Å²) in [5, 5.41) is 6.37. The van der Waals surface area contributed by atoms with Gasteiger partial charge < -0.3 is 15.1 Å². The molecule has 3 heterocycles. The number of anilines is 2. The van der Waals surface area contributed by atoms with E-state index in [1.165, 1.54) is 11.3 Å². The van der Waals surface area contributed by atoms with Gasteiger partial charge in [0.2, 0.25) is 11.8 Å². The fraction of sp³-hybridized carbons (Fsp3) is 0.368. The molecular formula is C19H21N5O2S2. The Morgan fingerprint density at radius 3 is 2.96 bits per heavy atom. The van der Waals surface area contributed by atoms with Gasteiger partial charge in [0, 0.05) is 30.6 Å². The summed E-state index contributed by atoms with van der Waals surface area (Å²) < 4.78 is 1.10. The van der Waals surface area contributed by atoms with E-state index in [1.807, 2.05) is 49.5 Å². The zero-order chi connectivity index (χ0) is 19.8. The highest BCUT2D eigenvalue weighted by Gasteiger charge is 2.35. The number of carbonyl (C=O) groups is 2. The lowest BCUT2D eigenvalue weighted by Crippen LogP contribution is -2.28. The number of amides is 2. The molecule has 0 bridgehead atoms. The van der Waals surface area contributed by atoms with Crippen LogP contribution in [0.4, 0.5) is 10.8 Å². The monoisotopic (exact) mass is 415 g/mol. The molecule has 1 aliphatic rings. The van der Waals surface area contributed by atoms with E-state index in [0.717, 1.165) is 33.2 Å². The summed E-state index contributed by atoms with van der Waals surface area (Å²) in [5.74, 6) is -0.590. The van der Waals surface area contributed by atoms with E-state index in [2.05, 4.69) is 15.3 Å². The summed E-state index contributed by atoms with van der Waals surface area (Å²) in [6.45, 7) is 3.06. The molecule has 0 saturated carbocycles. The Morgan fingerprint density at radius 1 is 1.36 bits per heavy atom. The summed E-state index contributed by atoms with van der Waals surface area (Å²) in [6, 6.07) is 5.83. The molecule has 2 amide bonds. The number of aromatic nitrogens is 2. The number of nitrogens with zero attached hydrogens (tertiary/aromatic N) is 4. The maximum Gasteiger partial charge on any atom is 0.231 e. The highest BCUT2D eigenvalue weighted by atomic mass is 32.1. The quantitative estimate of drug-likeness (QED) is 0.693. The molecule has 2 aromatic heterocycles. The maximum atomic E-state index is 12.6. The maximum absolute atomic E-state index is 12.6. The van der Waals surface area contributed by atoms with Crippen LogP contribution in [0.3, 0.4) is 0 Å². The average Bonchev–Trinajstić information content (AvgIpc) is 3.31. The van der Waals surface area contributed by atoms with Gasteiger partial charge in [-0.05, 0) is 39.2 Å². The normalized spacial score (nSPS) is 17.1. The van der Waals surface area contributed by atoms with E-state index in [4.69, 9.17) is 0 Å². The van der Waals surface area contributed by atoms with Gasteiger partial charge in [0.25, 0.3) is 0 Å². The number of fused-ring (bicyclic) bond motifs is 1. The molecule has 1 N–H and O–H groups in total. The molecule has 1 unspecified atom stereocenters. The number of rotatable bonds is 5. The third kappa shape index (κ3) is 3.91. The molecule has 0 radical (unpaired) electrons. The van der Waals surface area contributed by atoms with Gasteiger partial charge in [0.15, 0.2) is 5.13 Å². The Bertz CT molecular complexity index is 1040.